The number of hydrogen-bond donors (Lipinski definition) is 0. The maximum absolute atomic E-state index is 13.7. The average Bonchev–Trinajstić information content (AvgIpc) is 3.72. The molecule has 8 heteroatoms. The van der Waals surface area contributed by atoms with Gasteiger partial charge in [-0.05, 0) is 80.1 Å². The number of thiophene rings is 1. The van der Waals surface area contributed by atoms with Gasteiger partial charge in [0.1, 0.15) is 11.4 Å². The van der Waals surface area contributed by atoms with E-state index in [4.69, 9.17) is 9.72 Å². The molecule has 3 aromatic heterocycles. The van der Waals surface area contributed by atoms with E-state index in [-0.39, 0.29) is 11.4 Å². The van der Waals surface area contributed by atoms with Gasteiger partial charge in [0, 0.05) is 42.7 Å². The minimum Gasteiger partial charge on any atom is -0.496 e. The first kappa shape index (κ1) is 25.1. The summed E-state index contributed by atoms with van der Waals surface area (Å²) < 4.78 is 9.85. The number of nitrogens with zero attached hydrogens (tertiary/aromatic N) is 5. The number of carbonyl (C=O) groups excluding carboxylic acids is 1. The van der Waals surface area contributed by atoms with Gasteiger partial charge < -0.3 is 14.2 Å². The average molecular weight is 538 g/mol. The number of amides is 1. The highest BCUT2D eigenvalue weighted by Crippen LogP contribution is 2.44. The van der Waals surface area contributed by atoms with Gasteiger partial charge in [0.2, 0.25) is 0 Å². The second-order valence-electron chi connectivity index (χ2n) is 10.8. The summed E-state index contributed by atoms with van der Waals surface area (Å²) in [6, 6.07) is 18.6. The largest absolute Gasteiger partial charge is 0.496 e. The third kappa shape index (κ3) is 4.34. The highest BCUT2D eigenvalue weighted by Gasteiger charge is 2.33. The van der Waals surface area contributed by atoms with Crippen LogP contribution in [0.1, 0.15) is 37.0 Å². The molecule has 0 fully saturated rings. The Morgan fingerprint density at radius 2 is 1.92 bits per heavy atom. The number of carbonyl (C=O) groups is 1. The Kier molecular flexibility index (Phi) is 6.14. The van der Waals surface area contributed by atoms with Crippen molar-refractivity contribution < 1.29 is 9.53 Å². The van der Waals surface area contributed by atoms with Gasteiger partial charge in [-0.1, -0.05) is 18.2 Å². The van der Waals surface area contributed by atoms with Crippen molar-refractivity contribution in [2.45, 2.75) is 39.3 Å². The number of hydrogen-bond acceptors (Lipinski definition) is 5. The molecule has 4 heterocycles. The molecule has 6 rings (SSSR count). The number of ether oxygens (including phenoxy) is 1. The zero-order chi connectivity index (χ0) is 27.3. The Balaban J connectivity index is 1.55. The van der Waals surface area contributed by atoms with Crippen LogP contribution in [0.3, 0.4) is 0 Å². The fourth-order valence-electron chi connectivity index (χ4n) is 5.06. The molecule has 0 bridgehead atoms. The molecule has 0 saturated carbocycles. The van der Waals surface area contributed by atoms with Crippen LogP contribution in [-0.4, -0.2) is 49.8 Å². The number of benzene rings is 2. The van der Waals surface area contributed by atoms with Gasteiger partial charge in [-0.3, -0.25) is 4.79 Å². The first-order valence-electron chi connectivity index (χ1n) is 13.0. The summed E-state index contributed by atoms with van der Waals surface area (Å²) in [6.07, 6.45) is 4.49. The zero-order valence-electron chi connectivity index (χ0n) is 22.8. The predicted octanol–water partition coefficient (Wildman–Crippen LogP) is 6.57. The van der Waals surface area contributed by atoms with E-state index in [0.717, 1.165) is 50.8 Å². The number of imidazole rings is 1. The highest BCUT2D eigenvalue weighted by molar-refractivity contribution is 7.13. The van der Waals surface area contributed by atoms with Crippen molar-refractivity contribution in [2.75, 3.05) is 14.2 Å². The predicted molar refractivity (Wildman–Crippen MR) is 156 cm³/mol. The topological polar surface area (TPSA) is 65.2 Å². The lowest BCUT2D eigenvalue weighted by Crippen LogP contribution is -2.43. The molecule has 5 aromatic rings. The van der Waals surface area contributed by atoms with Gasteiger partial charge in [0.15, 0.2) is 5.82 Å². The molecule has 1 aliphatic heterocycles. The van der Waals surface area contributed by atoms with Crippen molar-refractivity contribution in [3.63, 3.8) is 0 Å². The number of aryl methyl sites for hydroxylation is 1. The molecule has 0 N–H and O–H groups in total. The van der Waals surface area contributed by atoms with Crippen LogP contribution in [0, 0.1) is 0 Å². The van der Waals surface area contributed by atoms with Crippen LogP contribution in [0.2, 0.25) is 0 Å². The number of methoxy groups -OCH3 is 1. The Labute approximate surface area is 232 Å². The third-order valence-electron chi connectivity index (χ3n) is 7.44. The van der Waals surface area contributed by atoms with Crippen LogP contribution in [0.25, 0.3) is 38.6 Å². The summed E-state index contributed by atoms with van der Waals surface area (Å²) in [5, 5.41) is 6.44. The quantitative estimate of drug-likeness (QED) is 0.254. The van der Waals surface area contributed by atoms with Crippen LogP contribution >= 0.6 is 11.3 Å². The van der Waals surface area contributed by atoms with Crippen LogP contribution < -0.4 is 4.74 Å². The van der Waals surface area contributed by atoms with Crippen molar-refractivity contribution >= 4 is 17.2 Å². The monoisotopic (exact) mass is 537 g/mol. The fourth-order valence-corrected chi connectivity index (χ4v) is 5.77. The van der Waals surface area contributed by atoms with E-state index in [9.17, 15) is 4.79 Å². The fraction of sp³-hybridized carbons (Fsp3) is 0.258. The molecule has 0 saturated heterocycles. The van der Waals surface area contributed by atoms with E-state index in [0.29, 0.717) is 12.4 Å². The lowest BCUT2D eigenvalue weighted by molar-refractivity contribution is 0.0638. The van der Waals surface area contributed by atoms with Crippen molar-refractivity contribution in [3.05, 3.63) is 83.8 Å². The molecule has 1 amide bonds. The molecular weight excluding hydrogens is 506 g/mol. The van der Waals surface area contributed by atoms with Crippen molar-refractivity contribution in [3.8, 4) is 44.4 Å². The van der Waals surface area contributed by atoms with Gasteiger partial charge in [-0.25, -0.2) is 9.67 Å². The summed E-state index contributed by atoms with van der Waals surface area (Å²) in [4.78, 5) is 21.5. The van der Waals surface area contributed by atoms with Gasteiger partial charge in [-0.2, -0.15) is 5.10 Å². The number of aromatic nitrogens is 4. The molecule has 2 aromatic carbocycles. The Morgan fingerprint density at radius 3 is 2.62 bits per heavy atom. The second-order valence-corrected chi connectivity index (χ2v) is 11.7. The van der Waals surface area contributed by atoms with Crippen LogP contribution in [0.15, 0.2) is 72.4 Å². The van der Waals surface area contributed by atoms with Crippen LogP contribution in [0.5, 0.6) is 5.75 Å². The smallest absolute Gasteiger partial charge is 0.290 e. The number of rotatable bonds is 5. The summed E-state index contributed by atoms with van der Waals surface area (Å²) in [7, 11) is 3.56. The molecule has 0 radical (unpaired) electrons. The molecule has 1 aliphatic rings. The van der Waals surface area contributed by atoms with Crippen LogP contribution in [0.4, 0.5) is 0 Å². The van der Waals surface area contributed by atoms with Crippen molar-refractivity contribution in [1.82, 2.24) is 24.2 Å². The van der Waals surface area contributed by atoms with Gasteiger partial charge >= 0.3 is 0 Å². The molecular formula is C31H31N5O2S. The Morgan fingerprint density at radius 1 is 1.08 bits per heavy atom. The van der Waals surface area contributed by atoms with Gasteiger partial charge in [0.05, 0.1) is 23.4 Å². The van der Waals surface area contributed by atoms with Crippen molar-refractivity contribution in [1.29, 1.82) is 0 Å². The summed E-state index contributed by atoms with van der Waals surface area (Å²) in [6.45, 7) is 6.79. The van der Waals surface area contributed by atoms with Crippen molar-refractivity contribution in [2.24, 2.45) is 0 Å². The minimum atomic E-state index is -0.320. The molecule has 39 heavy (non-hydrogen) atoms. The maximum atomic E-state index is 13.7. The van der Waals surface area contributed by atoms with E-state index < -0.39 is 0 Å². The first-order chi connectivity index (χ1) is 18.8. The van der Waals surface area contributed by atoms with E-state index in [1.807, 2.05) is 68.3 Å². The Bertz CT molecular complexity index is 1660. The standard InChI is InChI=1S/C31H31N5O2S/c1-31(2,3)34(4)30(37)29-33-27(26-11-7-16-39-26)28-24-19-23(25(38-5)18-21(24)12-15-35(28)29)20-9-6-10-22(17-20)36-14-8-13-32-36/h6-11,13-14,16-19H,12,15H2,1-5H3. The normalized spacial score (nSPS) is 12.6. The number of fused-ring (bicyclic) bond motifs is 3. The van der Waals surface area contributed by atoms with E-state index in [1.165, 1.54) is 5.56 Å². The summed E-state index contributed by atoms with van der Waals surface area (Å²) in [5.74, 6) is 1.23. The van der Waals surface area contributed by atoms with Gasteiger partial charge in [-0.15, -0.1) is 11.3 Å². The molecule has 0 unspecified atom stereocenters. The van der Waals surface area contributed by atoms with E-state index in [2.05, 4.69) is 40.0 Å². The SMILES string of the molecule is COc1cc2c(cc1-c1cccc(-n3cccn3)c1)-c1c(-c3cccs3)nc(C(=O)N(C)C(C)(C)C)n1CC2. The minimum absolute atomic E-state index is 0.0735. The first-order valence-corrected chi connectivity index (χ1v) is 13.9. The molecule has 7 nitrogen and oxygen atoms in total. The van der Waals surface area contributed by atoms with Crippen LogP contribution in [-0.2, 0) is 13.0 Å². The lowest BCUT2D eigenvalue weighted by atomic mass is 9.91. The molecule has 0 atom stereocenters. The maximum Gasteiger partial charge on any atom is 0.290 e. The highest BCUT2D eigenvalue weighted by atomic mass is 32.1. The summed E-state index contributed by atoms with van der Waals surface area (Å²) >= 11 is 1.64. The lowest BCUT2D eigenvalue weighted by Gasteiger charge is -2.32. The molecule has 198 valence electrons. The molecule has 0 spiro atoms. The molecule has 0 aliphatic carbocycles. The van der Waals surface area contributed by atoms with E-state index >= 15 is 0 Å². The summed E-state index contributed by atoms with van der Waals surface area (Å²) in [5.41, 5.74) is 6.76. The second kappa shape index (κ2) is 9.54. The zero-order valence-corrected chi connectivity index (χ0v) is 23.6. The third-order valence-corrected chi connectivity index (χ3v) is 8.31. The van der Waals surface area contributed by atoms with E-state index in [1.54, 1.807) is 29.5 Å². The van der Waals surface area contributed by atoms with Gasteiger partial charge in [0.25, 0.3) is 5.91 Å². The Hall–Kier alpha value is -4.17.